The summed E-state index contributed by atoms with van der Waals surface area (Å²) >= 11 is 0. The average Bonchev–Trinajstić information content (AvgIpc) is 3.08. The minimum Gasteiger partial charge on any atom is -0.377 e. The molecular weight excluding hydrogens is 278 g/mol. The number of hydrogen-bond acceptors (Lipinski definition) is 3. The van der Waals surface area contributed by atoms with Crippen molar-refractivity contribution >= 4 is 5.91 Å². The maximum Gasteiger partial charge on any atom is 0.249 e. The third-order valence-electron chi connectivity index (χ3n) is 5.22. The lowest BCUT2D eigenvalue weighted by Crippen LogP contribution is -2.58. The van der Waals surface area contributed by atoms with Gasteiger partial charge in [-0.2, -0.15) is 0 Å². The fraction of sp³-hybridized carbons (Fsp3) is 0.722. The van der Waals surface area contributed by atoms with Crippen LogP contribution >= 0.6 is 0 Å². The molecule has 0 aromatic carbocycles. The smallest absolute Gasteiger partial charge is 0.249 e. The first-order valence-corrected chi connectivity index (χ1v) is 8.54. The Kier molecular flexibility index (Phi) is 4.99. The fourth-order valence-electron chi connectivity index (χ4n) is 4.09. The Morgan fingerprint density at radius 3 is 3.23 bits per heavy atom. The van der Waals surface area contributed by atoms with Gasteiger partial charge in [0.1, 0.15) is 0 Å². The van der Waals surface area contributed by atoms with Gasteiger partial charge < -0.3 is 14.4 Å². The zero-order chi connectivity index (χ0) is 15.4. The molecule has 0 radical (unpaired) electrons. The summed E-state index contributed by atoms with van der Waals surface area (Å²) in [6.45, 7) is 7.35. The quantitative estimate of drug-likeness (QED) is 0.579. The van der Waals surface area contributed by atoms with Crippen LogP contribution in [0.1, 0.15) is 38.5 Å². The second-order valence-electron chi connectivity index (χ2n) is 6.77. The number of carbonyl (C=O) groups is 1. The minimum atomic E-state index is -0.0334. The molecule has 0 unspecified atom stereocenters. The number of nitrogens with zero attached hydrogens (tertiary/aromatic N) is 1. The largest absolute Gasteiger partial charge is 0.377 e. The van der Waals surface area contributed by atoms with Crippen LogP contribution in [0.25, 0.3) is 0 Å². The van der Waals surface area contributed by atoms with Gasteiger partial charge >= 0.3 is 0 Å². The zero-order valence-corrected chi connectivity index (χ0v) is 13.4. The van der Waals surface area contributed by atoms with Crippen LogP contribution in [0, 0.1) is 5.41 Å². The molecule has 0 spiro atoms. The van der Waals surface area contributed by atoms with Crippen LogP contribution in [0.2, 0.25) is 0 Å². The molecule has 22 heavy (non-hydrogen) atoms. The molecule has 3 aliphatic rings. The highest BCUT2D eigenvalue weighted by Crippen LogP contribution is 2.41. The molecule has 1 amide bonds. The summed E-state index contributed by atoms with van der Waals surface area (Å²) in [6, 6.07) is 0. The van der Waals surface area contributed by atoms with Gasteiger partial charge in [0.2, 0.25) is 5.91 Å². The van der Waals surface area contributed by atoms with E-state index in [1.165, 1.54) is 0 Å². The molecular formula is C18H27NO3. The lowest BCUT2D eigenvalue weighted by molar-refractivity contribution is -0.161. The van der Waals surface area contributed by atoms with E-state index in [1.54, 1.807) is 6.08 Å². The van der Waals surface area contributed by atoms with Crippen molar-refractivity contribution in [2.75, 3.05) is 32.9 Å². The van der Waals surface area contributed by atoms with Crippen LogP contribution < -0.4 is 0 Å². The Morgan fingerprint density at radius 1 is 1.55 bits per heavy atom. The van der Waals surface area contributed by atoms with Crippen molar-refractivity contribution in [2.24, 2.45) is 5.41 Å². The molecule has 2 fully saturated rings. The number of amides is 1. The summed E-state index contributed by atoms with van der Waals surface area (Å²) in [5, 5.41) is 0. The monoisotopic (exact) mass is 305 g/mol. The van der Waals surface area contributed by atoms with E-state index in [2.05, 4.69) is 12.7 Å². The van der Waals surface area contributed by atoms with E-state index < -0.39 is 0 Å². The SMILES string of the molecule is C=CCOC[C@]12CCCO[C@H]1CCN(C(=O)C1=CCCC1)C2. The van der Waals surface area contributed by atoms with Gasteiger partial charge in [0.25, 0.3) is 0 Å². The fourth-order valence-corrected chi connectivity index (χ4v) is 4.09. The summed E-state index contributed by atoms with van der Waals surface area (Å²) in [7, 11) is 0. The average molecular weight is 305 g/mol. The molecule has 0 aromatic rings. The zero-order valence-electron chi connectivity index (χ0n) is 13.4. The van der Waals surface area contributed by atoms with Crippen LogP contribution in [0.3, 0.4) is 0 Å². The lowest BCUT2D eigenvalue weighted by atomic mass is 9.73. The van der Waals surface area contributed by atoms with E-state index in [1.807, 2.05) is 4.90 Å². The van der Waals surface area contributed by atoms with Crippen LogP contribution in [0.4, 0.5) is 0 Å². The number of piperidine rings is 1. The van der Waals surface area contributed by atoms with E-state index in [4.69, 9.17) is 9.47 Å². The van der Waals surface area contributed by atoms with Crippen molar-refractivity contribution in [1.29, 1.82) is 0 Å². The molecule has 4 heteroatoms. The Balaban J connectivity index is 1.70. The lowest BCUT2D eigenvalue weighted by Gasteiger charge is -2.50. The Hall–Kier alpha value is -1.13. The van der Waals surface area contributed by atoms with Gasteiger partial charge in [-0.05, 0) is 38.5 Å². The van der Waals surface area contributed by atoms with E-state index in [9.17, 15) is 4.79 Å². The van der Waals surface area contributed by atoms with E-state index >= 15 is 0 Å². The van der Waals surface area contributed by atoms with Crippen molar-refractivity contribution < 1.29 is 14.3 Å². The predicted molar refractivity (Wildman–Crippen MR) is 85.6 cm³/mol. The van der Waals surface area contributed by atoms with Crippen molar-refractivity contribution in [3.63, 3.8) is 0 Å². The van der Waals surface area contributed by atoms with E-state index in [-0.39, 0.29) is 17.4 Å². The number of carbonyl (C=O) groups excluding carboxylic acids is 1. The molecule has 0 bridgehead atoms. The summed E-state index contributed by atoms with van der Waals surface area (Å²) in [5.74, 6) is 0.240. The van der Waals surface area contributed by atoms with Crippen molar-refractivity contribution in [1.82, 2.24) is 4.90 Å². The normalized spacial score (nSPS) is 31.5. The van der Waals surface area contributed by atoms with Gasteiger partial charge in [-0.25, -0.2) is 0 Å². The highest BCUT2D eigenvalue weighted by atomic mass is 16.5. The van der Waals surface area contributed by atoms with Crippen LogP contribution in [0.15, 0.2) is 24.3 Å². The number of allylic oxidation sites excluding steroid dienone is 1. The molecule has 0 saturated carbocycles. The third-order valence-corrected chi connectivity index (χ3v) is 5.22. The first-order chi connectivity index (χ1) is 10.7. The van der Waals surface area contributed by atoms with Gasteiger partial charge in [0.05, 0.1) is 19.3 Å². The number of rotatable bonds is 5. The Bertz CT molecular complexity index is 459. The first kappa shape index (κ1) is 15.8. The Morgan fingerprint density at radius 2 is 2.45 bits per heavy atom. The van der Waals surface area contributed by atoms with Crippen molar-refractivity contribution in [3.05, 3.63) is 24.3 Å². The third kappa shape index (κ3) is 3.13. The Labute approximate surface area is 133 Å². The van der Waals surface area contributed by atoms with Gasteiger partial charge in [-0.3, -0.25) is 4.79 Å². The molecule has 122 valence electrons. The molecule has 0 aromatic heterocycles. The maximum absolute atomic E-state index is 12.7. The van der Waals surface area contributed by atoms with Crippen molar-refractivity contribution in [3.8, 4) is 0 Å². The second-order valence-corrected chi connectivity index (χ2v) is 6.77. The first-order valence-electron chi connectivity index (χ1n) is 8.54. The van der Waals surface area contributed by atoms with Crippen molar-refractivity contribution in [2.45, 2.75) is 44.6 Å². The second kappa shape index (κ2) is 6.97. The number of fused-ring (bicyclic) bond motifs is 1. The maximum atomic E-state index is 12.7. The molecule has 3 rings (SSSR count). The number of hydrogen-bond donors (Lipinski definition) is 0. The van der Waals surface area contributed by atoms with Crippen LogP contribution in [-0.2, 0) is 14.3 Å². The van der Waals surface area contributed by atoms with Gasteiger partial charge in [0.15, 0.2) is 0 Å². The van der Waals surface area contributed by atoms with E-state index in [0.717, 1.165) is 63.8 Å². The van der Waals surface area contributed by atoms with Gasteiger partial charge in [-0.1, -0.05) is 12.2 Å². The van der Waals surface area contributed by atoms with E-state index in [0.29, 0.717) is 13.2 Å². The topological polar surface area (TPSA) is 38.8 Å². The standard InChI is InChI=1S/C18H27NO3/c1-2-11-21-14-18-9-5-12-22-16(18)8-10-19(13-18)17(20)15-6-3-4-7-15/h2,6,16H,1,3-5,7-14H2/t16-,18+/m0/s1. The molecule has 2 saturated heterocycles. The predicted octanol–water partition coefficient (Wildman–Crippen LogP) is 2.70. The summed E-state index contributed by atoms with van der Waals surface area (Å²) in [4.78, 5) is 14.7. The molecule has 2 aliphatic heterocycles. The highest BCUT2D eigenvalue weighted by Gasteiger charge is 2.47. The number of ether oxygens (including phenoxy) is 2. The summed E-state index contributed by atoms with van der Waals surface area (Å²) in [6.07, 6.45) is 10.3. The minimum absolute atomic E-state index is 0.0334. The van der Waals surface area contributed by atoms with Gasteiger partial charge in [0, 0.05) is 30.7 Å². The van der Waals surface area contributed by atoms with Crippen LogP contribution in [-0.4, -0.2) is 49.8 Å². The molecule has 0 N–H and O–H groups in total. The highest BCUT2D eigenvalue weighted by molar-refractivity contribution is 5.93. The molecule has 2 heterocycles. The summed E-state index contributed by atoms with van der Waals surface area (Å²) in [5.41, 5.74) is 0.978. The summed E-state index contributed by atoms with van der Waals surface area (Å²) < 4.78 is 11.8. The number of likely N-dealkylation sites (tertiary alicyclic amines) is 1. The molecule has 2 atom stereocenters. The molecule has 4 nitrogen and oxygen atoms in total. The van der Waals surface area contributed by atoms with Crippen LogP contribution in [0.5, 0.6) is 0 Å². The molecule has 1 aliphatic carbocycles. The van der Waals surface area contributed by atoms with Gasteiger partial charge in [-0.15, -0.1) is 6.58 Å².